The van der Waals surface area contributed by atoms with Gasteiger partial charge in [0.05, 0.1) is 21.3 Å². The van der Waals surface area contributed by atoms with E-state index in [1.807, 2.05) is 0 Å². The van der Waals surface area contributed by atoms with Crippen molar-refractivity contribution in [1.82, 2.24) is 4.98 Å². The number of hydrogen-bond acceptors (Lipinski definition) is 3. The molecule has 1 aromatic rings. The molecule has 0 N–H and O–H groups in total. The number of alkyl halides is 3. The van der Waals surface area contributed by atoms with Crippen LogP contribution < -0.4 is 0 Å². The molecule has 7 heteroatoms. The van der Waals surface area contributed by atoms with Crippen molar-refractivity contribution in [2.45, 2.75) is 24.9 Å². The number of carbonyl (C=O) groups excluding carboxylic acids is 1. The summed E-state index contributed by atoms with van der Waals surface area (Å²) in [4.78, 5) is 14.5. The Kier molecular flexibility index (Phi) is 4.03. The van der Waals surface area contributed by atoms with E-state index in [2.05, 4.69) is 4.98 Å². The summed E-state index contributed by atoms with van der Waals surface area (Å²) < 4.78 is 48.9. The predicted octanol–water partition coefficient (Wildman–Crippen LogP) is 2.43. The molecule has 0 aliphatic rings. The fourth-order valence-corrected chi connectivity index (χ4v) is 2.17. The molecule has 0 amide bonds. The van der Waals surface area contributed by atoms with Gasteiger partial charge < -0.3 is 0 Å². The number of aromatic nitrogens is 1. The predicted molar refractivity (Wildman–Crippen MR) is 56.2 cm³/mol. The van der Waals surface area contributed by atoms with E-state index >= 15 is 0 Å². The number of rotatable bonds is 3. The van der Waals surface area contributed by atoms with Crippen molar-refractivity contribution < 1.29 is 22.2 Å². The molecule has 3 nitrogen and oxygen atoms in total. The van der Waals surface area contributed by atoms with Crippen LogP contribution in [-0.4, -0.2) is 20.7 Å². The summed E-state index contributed by atoms with van der Waals surface area (Å²) in [6, 6.07) is 0.726. The molecule has 0 bridgehead atoms. The average Bonchev–Trinajstić information content (AvgIpc) is 2.25. The number of nitrogens with zero attached hydrogens (tertiary/aromatic N) is 1. The van der Waals surface area contributed by atoms with Gasteiger partial charge in [0.1, 0.15) is 5.69 Å². The highest BCUT2D eigenvalue weighted by atomic mass is 32.2. The van der Waals surface area contributed by atoms with E-state index < -0.39 is 28.3 Å². The summed E-state index contributed by atoms with van der Waals surface area (Å²) in [6.07, 6.45) is -3.98. The van der Waals surface area contributed by atoms with Gasteiger partial charge in [-0.3, -0.25) is 14.0 Å². The topological polar surface area (TPSA) is 47.0 Å². The van der Waals surface area contributed by atoms with Gasteiger partial charge in [-0.15, -0.1) is 0 Å². The summed E-state index contributed by atoms with van der Waals surface area (Å²) in [5.74, 6) is -0.376. The van der Waals surface area contributed by atoms with Gasteiger partial charge in [0, 0.05) is 18.9 Å². The smallest absolute Gasteiger partial charge is 0.293 e. The molecule has 94 valence electrons. The number of Topliss-reactive ketones (excluding diaryl/α,β-unsaturated/α-hetero) is 1. The number of carbonyl (C=O) groups is 1. The lowest BCUT2D eigenvalue weighted by Crippen LogP contribution is -2.12. The third-order valence-electron chi connectivity index (χ3n) is 2.02. The van der Waals surface area contributed by atoms with Gasteiger partial charge in [-0.2, -0.15) is 13.2 Å². The normalized spacial score (nSPS) is 13.5. The van der Waals surface area contributed by atoms with Crippen LogP contribution >= 0.6 is 0 Å². The van der Waals surface area contributed by atoms with Crippen LogP contribution in [0.4, 0.5) is 13.2 Å². The van der Waals surface area contributed by atoms with E-state index in [-0.39, 0.29) is 16.3 Å². The summed E-state index contributed by atoms with van der Waals surface area (Å²) in [6.45, 7) is 2.73. The zero-order chi connectivity index (χ0) is 13.2. The molecule has 0 saturated carbocycles. The Morgan fingerprint density at radius 1 is 1.47 bits per heavy atom. The Hall–Kier alpha value is -1.24. The van der Waals surface area contributed by atoms with Gasteiger partial charge in [0.2, 0.25) is 0 Å². The molecule has 1 unspecified atom stereocenters. The summed E-state index contributed by atoms with van der Waals surface area (Å²) in [5, 5.41) is 0. The minimum atomic E-state index is -4.56. The standard InChI is InChI=1S/C10H10F3NO2S/c1-3-17(16)8-4-7(10(11,12)13)5-14-9(8)6(2)15/h4-5H,3H2,1-2H3. The molecule has 1 heterocycles. The summed E-state index contributed by atoms with van der Waals surface area (Å²) >= 11 is 0. The summed E-state index contributed by atoms with van der Waals surface area (Å²) in [7, 11) is -1.65. The first-order valence-corrected chi connectivity index (χ1v) is 6.05. The maximum atomic E-state index is 12.4. The number of ketones is 1. The van der Waals surface area contributed by atoms with Gasteiger partial charge in [-0.1, -0.05) is 6.92 Å². The third kappa shape index (κ3) is 3.12. The minimum absolute atomic E-state index is 0.128. The summed E-state index contributed by atoms with van der Waals surface area (Å²) in [5.41, 5.74) is -1.17. The lowest BCUT2D eigenvalue weighted by Gasteiger charge is -2.10. The van der Waals surface area contributed by atoms with Crippen molar-refractivity contribution in [3.63, 3.8) is 0 Å². The van der Waals surface area contributed by atoms with Crippen LogP contribution in [0.25, 0.3) is 0 Å². The molecule has 0 radical (unpaired) electrons. The fourth-order valence-electron chi connectivity index (χ4n) is 1.19. The van der Waals surface area contributed by atoms with Crippen LogP contribution in [0.15, 0.2) is 17.2 Å². The SMILES string of the molecule is CCS(=O)c1cc(C(F)(F)F)cnc1C(C)=O. The number of pyridine rings is 1. The van der Waals surface area contributed by atoms with Crippen LogP contribution in [0.1, 0.15) is 29.9 Å². The highest BCUT2D eigenvalue weighted by Crippen LogP contribution is 2.30. The fraction of sp³-hybridized carbons (Fsp3) is 0.400. The van der Waals surface area contributed by atoms with E-state index in [0.717, 1.165) is 6.07 Å². The molecule has 0 spiro atoms. The van der Waals surface area contributed by atoms with Crippen LogP contribution in [-0.2, 0) is 17.0 Å². The van der Waals surface area contributed by atoms with Gasteiger partial charge in [-0.05, 0) is 6.07 Å². The molecule has 1 rings (SSSR count). The first-order chi connectivity index (χ1) is 7.77. The highest BCUT2D eigenvalue weighted by molar-refractivity contribution is 7.85. The molecule has 0 aliphatic carbocycles. The molecule has 0 fully saturated rings. The van der Waals surface area contributed by atoms with Crippen LogP contribution in [0, 0.1) is 0 Å². The van der Waals surface area contributed by atoms with Crippen LogP contribution in [0.3, 0.4) is 0 Å². The van der Waals surface area contributed by atoms with Gasteiger partial charge in [0.25, 0.3) is 0 Å². The zero-order valence-electron chi connectivity index (χ0n) is 9.17. The quantitative estimate of drug-likeness (QED) is 0.788. The second kappa shape index (κ2) is 4.95. The molecule has 17 heavy (non-hydrogen) atoms. The van der Waals surface area contributed by atoms with E-state index in [1.165, 1.54) is 6.92 Å². The molecule has 1 atom stereocenters. The van der Waals surface area contributed by atoms with E-state index in [0.29, 0.717) is 6.20 Å². The molecular formula is C10H10F3NO2S. The zero-order valence-corrected chi connectivity index (χ0v) is 9.98. The Labute approximate surface area is 98.5 Å². The highest BCUT2D eigenvalue weighted by Gasteiger charge is 2.32. The van der Waals surface area contributed by atoms with Crippen molar-refractivity contribution >= 4 is 16.6 Å². The molecule has 1 aromatic heterocycles. The van der Waals surface area contributed by atoms with E-state index in [1.54, 1.807) is 6.92 Å². The van der Waals surface area contributed by atoms with Crippen molar-refractivity contribution in [3.8, 4) is 0 Å². The Morgan fingerprint density at radius 3 is 2.47 bits per heavy atom. The lowest BCUT2D eigenvalue weighted by atomic mass is 10.2. The molecule has 0 saturated heterocycles. The second-order valence-electron chi connectivity index (χ2n) is 3.26. The first-order valence-electron chi connectivity index (χ1n) is 4.74. The van der Waals surface area contributed by atoms with Crippen molar-refractivity contribution in [2.75, 3.05) is 5.75 Å². The molecular weight excluding hydrogens is 255 g/mol. The Balaban J connectivity index is 3.39. The monoisotopic (exact) mass is 265 g/mol. The van der Waals surface area contributed by atoms with Crippen molar-refractivity contribution in [2.24, 2.45) is 0 Å². The maximum absolute atomic E-state index is 12.4. The second-order valence-corrected chi connectivity index (χ2v) is 4.97. The third-order valence-corrected chi connectivity index (χ3v) is 3.35. The Morgan fingerprint density at radius 2 is 2.06 bits per heavy atom. The van der Waals surface area contributed by atoms with E-state index in [4.69, 9.17) is 0 Å². The Bertz CT molecular complexity index is 471. The van der Waals surface area contributed by atoms with Crippen molar-refractivity contribution in [3.05, 3.63) is 23.5 Å². The molecule has 0 aromatic carbocycles. The van der Waals surface area contributed by atoms with Crippen molar-refractivity contribution in [1.29, 1.82) is 0 Å². The van der Waals surface area contributed by atoms with Gasteiger partial charge >= 0.3 is 6.18 Å². The van der Waals surface area contributed by atoms with E-state index in [9.17, 15) is 22.2 Å². The number of halogens is 3. The number of hydrogen-bond donors (Lipinski definition) is 0. The molecule has 0 aliphatic heterocycles. The van der Waals surface area contributed by atoms with Gasteiger partial charge in [-0.25, -0.2) is 0 Å². The van der Waals surface area contributed by atoms with Crippen LogP contribution in [0.2, 0.25) is 0 Å². The minimum Gasteiger partial charge on any atom is -0.293 e. The van der Waals surface area contributed by atoms with Crippen LogP contribution in [0.5, 0.6) is 0 Å². The maximum Gasteiger partial charge on any atom is 0.417 e. The lowest BCUT2D eigenvalue weighted by molar-refractivity contribution is -0.138. The first kappa shape index (κ1) is 13.8. The average molecular weight is 265 g/mol. The largest absolute Gasteiger partial charge is 0.417 e. The van der Waals surface area contributed by atoms with Gasteiger partial charge in [0.15, 0.2) is 5.78 Å².